The van der Waals surface area contributed by atoms with Crippen LogP contribution in [0.3, 0.4) is 0 Å². The van der Waals surface area contributed by atoms with Crippen molar-refractivity contribution in [2.75, 3.05) is 40.8 Å². The SMILES string of the molecule is CC.COCC(CONSC)OC.COCn1ccc(=O)[nH]c1=O. The molecule has 0 saturated heterocycles. The van der Waals surface area contributed by atoms with Gasteiger partial charge in [-0.1, -0.05) is 25.8 Å². The summed E-state index contributed by atoms with van der Waals surface area (Å²) in [5.41, 5.74) is -0.860. The van der Waals surface area contributed by atoms with Gasteiger partial charge in [0.1, 0.15) is 12.8 Å². The Kier molecular flexibility index (Phi) is 19.0. The molecule has 9 nitrogen and oxygen atoms in total. The van der Waals surface area contributed by atoms with Crippen LogP contribution in [0.4, 0.5) is 0 Å². The zero-order chi connectivity index (χ0) is 18.8. The van der Waals surface area contributed by atoms with Crippen molar-refractivity contribution in [1.29, 1.82) is 0 Å². The highest BCUT2D eigenvalue weighted by atomic mass is 32.2. The molecule has 0 spiro atoms. The molecule has 0 aliphatic carbocycles. The van der Waals surface area contributed by atoms with Crippen LogP contribution in [-0.2, 0) is 25.8 Å². The van der Waals surface area contributed by atoms with E-state index in [4.69, 9.17) is 14.3 Å². The van der Waals surface area contributed by atoms with Gasteiger partial charge in [-0.2, -0.15) is 0 Å². The summed E-state index contributed by atoms with van der Waals surface area (Å²) in [6.45, 7) is 5.19. The summed E-state index contributed by atoms with van der Waals surface area (Å²) < 4.78 is 15.9. The lowest BCUT2D eigenvalue weighted by molar-refractivity contribution is -0.0410. The van der Waals surface area contributed by atoms with Crippen molar-refractivity contribution < 1.29 is 19.0 Å². The largest absolute Gasteiger partial charge is 0.382 e. The molecule has 0 fully saturated rings. The Morgan fingerprint density at radius 2 is 1.88 bits per heavy atom. The molecule has 0 bridgehead atoms. The highest BCUT2D eigenvalue weighted by molar-refractivity contribution is 7.96. The molecule has 1 heterocycles. The van der Waals surface area contributed by atoms with Crippen LogP contribution in [0.25, 0.3) is 0 Å². The number of aromatic nitrogens is 2. The first-order valence-corrected chi connectivity index (χ1v) is 8.51. The van der Waals surface area contributed by atoms with E-state index in [0.717, 1.165) is 0 Å². The monoisotopic (exact) mass is 367 g/mol. The van der Waals surface area contributed by atoms with Crippen molar-refractivity contribution in [3.63, 3.8) is 0 Å². The van der Waals surface area contributed by atoms with Gasteiger partial charge in [0.05, 0.1) is 13.2 Å². The second kappa shape index (κ2) is 18.2. The highest BCUT2D eigenvalue weighted by Crippen LogP contribution is 1.92. The Morgan fingerprint density at radius 3 is 2.33 bits per heavy atom. The number of aromatic amines is 1. The van der Waals surface area contributed by atoms with E-state index < -0.39 is 11.2 Å². The van der Waals surface area contributed by atoms with Gasteiger partial charge >= 0.3 is 5.69 Å². The molecule has 1 aromatic heterocycles. The van der Waals surface area contributed by atoms with E-state index >= 15 is 0 Å². The van der Waals surface area contributed by atoms with Crippen molar-refractivity contribution in [3.05, 3.63) is 33.1 Å². The van der Waals surface area contributed by atoms with Crippen LogP contribution in [0, 0.1) is 0 Å². The Balaban J connectivity index is 0. The van der Waals surface area contributed by atoms with Gasteiger partial charge < -0.3 is 14.2 Å². The quantitative estimate of drug-likeness (QED) is 0.372. The first-order chi connectivity index (χ1) is 11.6. The van der Waals surface area contributed by atoms with Crippen LogP contribution < -0.4 is 16.1 Å². The average molecular weight is 367 g/mol. The maximum absolute atomic E-state index is 10.9. The average Bonchev–Trinajstić information content (AvgIpc) is 2.59. The van der Waals surface area contributed by atoms with E-state index in [-0.39, 0.29) is 12.8 Å². The summed E-state index contributed by atoms with van der Waals surface area (Å²) in [6.07, 6.45) is 3.27. The van der Waals surface area contributed by atoms with Crippen LogP contribution in [0.2, 0.25) is 0 Å². The summed E-state index contributed by atoms with van der Waals surface area (Å²) in [6, 6.07) is 1.26. The second-order valence-electron chi connectivity index (χ2n) is 3.91. The Bertz CT molecular complexity index is 494. The smallest absolute Gasteiger partial charge is 0.330 e. The summed E-state index contributed by atoms with van der Waals surface area (Å²) in [7, 11) is 4.73. The van der Waals surface area contributed by atoms with Gasteiger partial charge in [-0.15, -0.1) is 4.89 Å². The van der Waals surface area contributed by atoms with Gasteiger partial charge in [0.25, 0.3) is 5.56 Å². The van der Waals surface area contributed by atoms with Crippen molar-refractivity contribution >= 4 is 11.9 Å². The molecule has 0 aromatic carbocycles. The van der Waals surface area contributed by atoms with E-state index in [2.05, 4.69) is 14.6 Å². The first-order valence-electron chi connectivity index (χ1n) is 7.29. The lowest BCUT2D eigenvalue weighted by atomic mass is 10.4. The standard InChI is InChI=1S/C6H8N2O3.C6H15NO3S.C2H6/c1-11-4-8-3-2-5(9)7-6(8)10;1-8-4-6(9-2)5-10-7-11-3;1-2/h2-3H,4H2,1H3,(H,7,9,10);6-7H,4-5H2,1-3H3;1-2H3. The predicted molar refractivity (Wildman–Crippen MR) is 95.0 cm³/mol. The Hall–Kier alpha value is -1.17. The molecule has 10 heteroatoms. The van der Waals surface area contributed by atoms with Crippen LogP contribution in [0.1, 0.15) is 13.8 Å². The fourth-order valence-corrected chi connectivity index (χ4v) is 1.43. The minimum absolute atomic E-state index is 0.000324. The summed E-state index contributed by atoms with van der Waals surface area (Å²) >= 11 is 1.40. The molecule has 142 valence electrons. The number of H-pyrrole nitrogens is 1. The molecule has 1 rings (SSSR count). The number of hydrogen-bond donors (Lipinski definition) is 2. The number of ether oxygens (including phenoxy) is 3. The molecule has 1 atom stereocenters. The van der Waals surface area contributed by atoms with Crippen LogP contribution in [0.5, 0.6) is 0 Å². The van der Waals surface area contributed by atoms with Gasteiger partial charge in [0, 0.05) is 33.6 Å². The molecular weight excluding hydrogens is 338 g/mol. The summed E-state index contributed by atoms with van der Waals surface area (Å²) in [5, 5.41) is 0. The normalized spacial score (nSPS) is 10.9. The Morgan fingerprint density at radius 1 is 1.21 bits per heavy atom. The molecule has 0 saturated carbocycles. The molecule has 24 heavy (non-hydrogen) atoms. The zero-order valence-electron chi connectivity index (χ0n) is 15.2. The molecule has 0 amide bonds. The zero-order valence-corrected chi connectivity index (χ0v) is 16.0. The van der Waals surface area contributed by atoms with Crippen molar-refractivity contribution in [1.82, 2.24) is 14.4 Å². The van der Waals surface area contributed by atoms with Gasteiger partial charge in [0.2, 0.25) is 0 Å². The van der Waals surface area contributed by atoms with E-state index in [1.165, 1.54) is 35.9 Å². The maximum Gasteiger partial charge on any atom is 0.330 e. The summed E-state index contributed by atoms with van der Waals surface area (Å²) in [4.78, 5) is 31.1. The first kappa shape index (κ1) is 25.1. The molecular formula is C14H29N3O6S. The van der Waals surface area contributed by atoms with Crippen LogP contribution in [-0.4, -0.2) is 56.5 Å². The van der Waals surface area contributed by atoms with Gasteiger partial charge in [0.15, 0.2) is 0 Å². The molecule has 1 unspecified atom stereocenters. The molecule has 0 aliphatic rings. The third kappa shape index (κ3) is 13.3. The number of nitrogens with zero attached hydrogens (tertiary/aromatic N) is 1. The van der Waals surface area contributed by atoms with Crippen molar-refractivity contribution in [2.24, 2.45) is 0 Å². The number of methoxy groups -OCH3 is 3. The number of hydrogen-bond acceptors (Lipinski definition) is 8. The molecule has 2 N–H and O–H groups in total. The van der Waals surface area contributed by atoms with E-state index in [1.54, 1.807) is 14.2 Å². The van der Waals surface area contributed by atoms with Gasteiger partial charge in [-0.05, 0) is 6.26 Å². The van der Waals surface area contributed by atoms with Crippen molar-refractivity contribution in [2.45, 2.75) is 26.7 Å². The number of rotatable bonds is 9. The van der Waals surface area contributed by atoms with Crippen LogP contribution >= 0.6 is 11.9 Å². The molecule has 0 radical (unpaired) electrons. The third-order valence-electron chi connectivity index (χ3n) is 2.26. The van der Waals surface area contributed by atoms with E-state index in [0.29, 0.717) is 13.2 Å². The second-order valence-corrected chi connectivity index (χ2v) is 4.48. The number of nitrogens with one attached hydrogen (secondary N) is 2. The highest BCUT2D eigenvalue weighted by Gasteiger charge is 2.05. The summed E-state index contributed by atoms with van der Waals surface area (Å²) in [5.74, 6) is 0. The fourth-order valence-electron chi connectivity index (χ4n) is 1.24. The van der Waals surface area contributed by atoms with Crippen LogP contribution in [0.15, 0.2) is 21.9 Å². The molecule has 0 aliphatic heterocycles. The minimum Gasteiger partial charge on any atom is -0.382 e. The van der Waals surface area contributed by atoms with Crippen molar-refractivity contribution in [3.8, 4) is 0 Å². The van der Waals surface area contributed by atoms with E-state index in [1.807, 2.05) is 20.1 Å². The van der Waals surface area contributed by atoms with Gasteiger partial charge in [-0.25, -0.2) is 4.79 Å². The van der Waals surface area contributed by atoms with E-state index in [9.17, 15) is 9.59 Å². The Labute approximate surface area is 146 Å². The molecule has 1 aromatic rings. The fraction of sp³-hybridized carbons (Fsp3) is 0.714. The lowest BCUT2D eigenvalue weighted by Crippen LogP contribution is -2.28. The predicted octanol–water partition coefficient (Wildman–Crippen LogP) is 0.614. The lowest BCUT2D eigenvalue weighted by Gasteiger charge is -2.13. The minimum atomic E-state index is -0.459. The van der Waals surface area contributed by atoms with Gasteiger partial charge in [-0.3, -0.25) is 19.2 Å². The topological polar surface area (TPSA) is 104 Å². The maximum atomic E-state index is 10.9. The third-order valence-corrected chi connectivity index (χ3v) is 2.55.